The Kier molecular flexibility index (Phi) is 7.53. The molecule has 208 valence electrons. The molecule has 1 amide bonds. The van der Waals surface area contributed by atoms with Crippen molar-refractivity contribution in [3.63, 3.8) is 0 Å². The Hall–Kier alpha value is -4.32. The third-order valence-electron chi connectivity index (χ3n) is 6.43. The third kappa shape index (κ3) is 6.28. The average molecular weight is 560 g/mol. The highest BCUT2D eigenvalue weighted by Gasteiger charge is 2.32. The number of hydrogen-bond acceptors (Lipinski definition) is 4. The van der Waals surface area contributed by atoms with Crippen molar-refractivity contribution in [3.8, 4) is 5.75 Å². The maximum absolute atomic E-state index is 13.5. The molecule has 0 spiro atoms. The Labute approximate surface area is 224 Å². The van der Waals surface area contributed by atoms with Gasteiger partial charge in [-0.25, -0.2) is 18.6 Å². The summed E-state index contributed by atoms with van der Waals surface area (Å²) >= 11 is 0. The summed E-state index contributed by atoms with van der Waals surface area (Å²) < 4.78 is 84.7. The molecule has 2 aromatic carbocycles. The van der Waals surface area contributed by atoms with E-state index in [2.05, 4.69) is 15.0 Å². The standard InChI is InChI=1S/C28H22F6N4O2/c29-19-10-17(11-20(30)13-19)2-1-8-37-9-6-25-23(16-37)22-14-21(40-28(32,33)34)3-4-24(22)38(25)27(39)36-15-18-5-7-35-26(31)12-18/h1-5,7,10-14H,6,8-9,15-16H2,(H,36,39)/b2-1+. The van der Waals surface area contributed by atoms with E-state index in [4.69, 9.17) is 0 Å². The Bertz CT molecular complexity index is 1580. The first-order chi connectivity index (χ1) is 19.1. The second kappa shape index (κ2) is 11.0. The summed E-state index contributed by atoms with van der Waals surface area (Å²) in [6.45, 7) is 1.22. The predicted molar refractivity (Wildman–Crippen MR) is 135 cm³/mol. The van der Waals surface area contributed by atoms with Gasteiger partial charge in [-0.05, 0) is 59.2 Å². The quantitative estimate of drug-likeness (QED) is 0.226. The van der Waals surface area contributed by atoms with Crippen molar-refractivity contribution in [3.05, 3.63) is 101 Å². The fourth-order valence-electron chi connectivity index (χ4n) is 4.80. The summed E-state index contributed by atoms with van der Waals surface area (Å²) in [5.41, 5.74) is 2.52. The van der Waals surface area contributed by atoms with Crippen molar-refractivity contribution >= 4 is 23.0 Å². The van der Waals surface area contributed by atoms with Gasteiger partial charge in [0, 0.05) is 55.9 Å². The minimum Gasteiger partial charge on any atom is -0.406 e. The van der Waals surface area contributed by atoms with Gasteiger partial charge < -0.3 is 10.1 Å². The van der Waals surface area contributed by atoms with Gasteiger partial charge in [0.25, 0.3) is 0 Å². The molecule has 12 heteroatoms. The molecule has 0 saturated carbocycles. The van der Waals surface area contributed by atoms with Crippen LogP contribution in [-0.4, -0.2) is 39.9 Å². The molecule has 3 heterocycles. The van der Waals surface area contributed by atoms with Crippen LogP contribution in [0.15, 0.2) is 60.8 Å². The summed E-state index contributed by atoms with van der Waals surface area (Å²) in [6, 6.07) is 9.18. The first-order valence-corrected chi connectivity index (χ1v) is 12.2. The Balaban J connectivity index is 1.42. The van der Waals surface area contributed by atoms with Crippen LogP contribution in [0, 0.1) is 17.6 Å². The lowest BCUT2D eigenvalue weighted by Gasteiger charge is -2.27. The van der Waals surface area contributed by atoms with Crippen molar-refractivity contribution in [2.75, 3.05) is 13.1 Å². The number of fused-ring (bicyclic) bond motifs is 3. The third-order valence-corrected chi connectivity index (χ3v) is 6.43. The van der Waals surface area contributed by atoms with E-state index in [9.17, 15) is 31.1 Å². The average Bonchev–Trinajstić information content (AvgIpc) is 3.19. The second-order valence-electron chi connectivity index (χ2n) is 9.22. The van der Waals surface area contributed by atoms with Crippen LogP contribution in [0.25, 0.3) is 17.0 Å². The number of halogens is 6. The van der Waals surface area contributed by atoms with Gasteiger partial charge in [-0.1, -0.05) is 12.2 Å². The lowest BCUT2D eigenvalue weighted by Crippen LogP contribution is -2.34. The molecule has 0 radical (unpaired) electrons. The molecule has 0 fully saturated rings. The topological polar surface area (TPSA) is 59.4 Å². The highest BCUT2D eigenvalue weighted by Crippen LogP contribution is 2.35. The molecule has 40 heavy (non-hydrogen) atoms. The maximum Gasteiger partial charge on any atom is 0.573 e. The number of ether oxygens (including phenoxy) is 1. The van der Waals surface area contributed by atoms with Crippen molar-refractivity contribution in [1.29, 1.82) is 0 Å². The number of nitrogens with one attached hydrogen (secondary N) is 1. The molecule has 0 unspecified atom stereocenters. The van der Waals surface area contributed by atoms with Crippen LogP contribution < -0.4 is 10.1 Å². The minimum atomic E-state index is -4.89. The summed E-state index contributed by atoms with van der Waals surface area (Å²) in [6.07, 6.45) is 0.104. The van der Waals surface area contributed by atoms with Crippen molar-refractivity contribution in [1.82, 2.24) is 19.8 Å². The highest BCUT2D eigenvalue weighted by molar-refractivity contribution is 5.96. The predicted octanol–water partition coefficient (Wildman–Crippen LogP) is 6.18. The molecule has 1 aliphatic rings. The van der Waals surface area contributed by atoms with E-state index in [-0.39, 0.29) is 6.54 Å². The van der Waals surface area contributed by atoms with E-state index >= 15 is 0 Å². The lowest BCUT2D eigenvalue weighted by molar-refractivity contribution is -0.274. The monoisotopic (exact) mass is 560 g/mol. The van der Waals surface area contributed by atoms with Crippen LogP contribution in [0.4, 0.5) is 31.1 Å². The Morgan fingerprint density at radius 1 is 1.05 bits per heavy atom. The van der Waals surface area contributed by atoms with Gasteiger partial charge in [0.2, 0.25) is 5.95 Å². The molecule has 6 nitrogen and oxygen atoms in total. The zero-order valence-corrected chi connectivity index (χ0v) is 20.8. The number of hydrogen-bond donors (Lipinski definition) is 1. The number of benzene rings is 2. The van der Waals surface area contributed by atoms with E-state index in [1.54, 1.807) is 18.2 Å². The molecule has 0 atom stereocenters. The molecule has 0 bridgehead atoms. The molecule has 0 aliphatic carbocycles. The Morgan fingerprint density at radius 3 is 2.55 bits per heavy atom. The van der Waals surface area contributed by atoms with Gasteiger partial charge >= 0.3 is 12.4 Å². The molecule has 1 aliphatic heterocycles. The zero-order valence-electron chi connectivity index (χ0n) is 20.8. The summed E-state index contributed by atoms with van der Waals surface area (Å²) in [4.78, 5) is 18.8. The van der Waals surface area contributed by atoms with Crippen molar-refractivity contribution in [2.24, 2.45) is 0 Å². The van der Waals surface area contributed by atoms with Gasteiger partial charge in [0.05, 0.1) is 5.52 Å². The fourth-order valence-corrected chi connectivity index (χ4v) is 4.80. The van der Waals surface area contributed by atoms with Gasteiger partial charge in [-0.15, -0.1) is 13.2 Å². The number of amides is 1. The smallest absolute Gasteiger partial charge is 0.406 e. The van der Waals surface area contributed by atoms with Crippen LogP contribution in [0.1, 0.15) is 22.4 Å². The molecule has 5 rings (SSSR count). The molecule has 2 aromatic heterocycles. The van der Waals surface area contributed by atoms with Gasteiger partial charge in [0.1, 0.15) is 17.4 Å². The number of nitrogens with zero attached hydrogens (tertiary/aromatic N) is 3. The van der Waals surface area contributed by atoms with E-state index in [1.807, 2.05) is 4.90 Å². The van der Waals surface area contributed by atoms with E-state index in [0.29, 0.717) is 59.3 Å². The number of carbonyl (C=O) groups is 1. The highest BCUT2D eigenvalue weighted by atomic mass is 19.4. The first-order valence-electron chi connectivity index (χ1n) is 12.2. The van der Waals surface area contributed by atoms with E-state index in [1.165, 1.54) is 41.1 Å². The van der Waals surface area contributed by atoms with Crippen LogP contribution in [0.3, 0.4) is 0 Å². The number of pyridine rings is 1. The fraction of sp³-hybridized carbons (Fsp3) is 0.214. The van der Waals surface area contributed by atoms with Crippen LogP contribution in [0.2, 0.25) is 0 Å². The molecule has 1 N–H and O–H groups in total. The van der Waals surface area contributed by atoms with Gasteiger partial charge in [0.15, 0.2) is 0 Å². The van der Waals surface area contributed by atoms with Gasteiger partial charge in [-0.2, -0.15) is 4.39 Å². The van der Waals surface area contributed by atoms with Crippen LogP contribution in [0.5, 0.6) is 5.75 Å². The molecule has 0 saturated heterocycles. The molecule has 4 aromatic rings. The Morgan fingerprint density at radius 2 is 1.82 bits per heavy atom. The van der Waals surface area contributed by atoms with Crippen LogP contribution >= 0.6 is 0 Å². The normalized spacial score (nSPS) is 14.1. The number of carbonyl (C=O) groups excluding carboxylic acids is 1. The first kappa shape index (κ1) is 27.3. The number of rotatable bonds is 6. The van der Waals surface area contributed by atoms with E-state index < -0.39 is 35.7 Å². The largest absolute Gasteiger partial charge is 0.573 e. The van der Waals surface area contributed by atoms with Crippen molar-refractivity contribution < 1.29 is 35.9 Å². The molecular formula is C28H22F6N4O2. The summed E-state index contributed by atoms with van der Waals surface area (Å²) in [5.74, 6) is -2.50. The maximum atomic E-state index is 13.5. The summed E-state index contributed by atoms with van der Waals surface area (Å²) in [7, 11) is 0. The zero-order chi connectivity index (χ0) is 28.4. The van der Waals surface area contributed by atoms with Gasteiger partial charge in [-0.3, -0.25) is 9.47 Å². The number of alkyl halides is 3. The van der Waals surface area contributed by atoms with Crippen molar-refractivity contribution in [2.45, 2.75) is 25.9 Å². The number of aromatic nitrogens is 2. The second-order valence-corrected chi connectivity index (χ2v) is 9.22. The summed E-state index contributed by atoms with van der Waals surface area (Å²) in [5, 5.41) is 3.15. The minimum absolute atomic E-state index is 0.0135. The lowest BCUT2D eigenvalue weighted by atomic mass is 10.0. The van der Waals surface area contributed by atoms with E-state index in [0.717, 1.165) is 12.1 Å². The SMILES string of the molecule is O=C(NCc1ccnc(F)c1)n1c2c(c3cc(OC(F)(F)F)ccc31)CN(C/C=C/c1cc(F)cc(F)c1)CC2. The van der Waals surface area contributed by atoms with Crippen LogP contribution in [-0.2, 0) is 19.5 Å². The molecular weight excluding hydrogens is 538 g/mol.